The number of rotatable bonds is 5. The Bertz CT molecular complexity index is 1020. The quantitative estimate of drug-likeness (QED) is 0.561. The third-order valence-corrected chi connectivity index (χ3v) is 4.83. The Labute approximate surface area is 173 Å². The van der Waals surface area contributed by atoms with Gasteiger partial charge in [-0.2, -0.15) is 5.10 Å². The van der Waals surface area contributed by atoms with Crippen molar-refractivity contribution in [2.75, 3.05) is 12.4 Å². The number of hydrogen-bond acceptors (Lipinski definition) is 4. The normalized spacial score (nSPS) is 10.6. The fourth-order valence-corrected chi connectivity index (χ4v) is 3.10. The summed E-state index contributed by atoms with van der Waals surface area (Å²) in [6, 6.07) is 10.4. The molecule has 1 aromatic heterocycles. The van der Waals surface area contributed by atoms with Crippen LogP contribution in [-0.4, -0.2) is 28.8 Å². The van der Waals surface area contributed by atoms with Gasteiger partial charge in [0.2, 0.25) is 0 Å². The molecule has 0 aliphatic rings. The Morgan fingerprint density at radius 1 is 1.21 bits per heavy atom. The Morgan fingerprint density at radius 2 is 1.89 bits per heavy atom. The van der Waals surface area contributed by atoms with Crippen molar-refractivity contribution >= 4 is 45.2 Å². The van der Waals surface area contributed by atoms with Gasteiger partial charge in [0.05, 0.1) is 23.7 Å². The molecule has 0 spiro atoms. The zero-order valence-electron chi connectivity index (χ0n) is 14.6. The maximum atomic E-state index is 14.0. The van der Waals surface area contributed by atoms with Gasteiger partial charge in [-0.1, -0.05) is 17.7 Å². The van der Waals surface area contributed by atoms with Crippen LogP contribution in [0.4, 0.5) is 10.2 Å². The summed E-state index contributed by atoms with van der Waals surface area (Å²) in [6.07, 6.45) is 1.61. The van der Waals surface area contributed by atoms with Gasteiger partial charge in [0.1, 0.15) is 5.82 Å². The van der Waals surface area contributed by atoms with Crippen molar-refractivity contribution in [1.82, 2.24) is 9.78 Å². The summed E-state index contributed by atoms with van der Waals surface area (Å²) < 4.78 is 20.6. The molecule has 0 saturated carbocycles. The number of anilines is 1. The molecule has 144 valence electrons. The molecule has 0 aliphatic carbocycles. The number of hydrogen-bond donors (Lipinski definition) is 1. The second kappa shape index (κ2) is 8.53. The number of ether oxygens (including phenoxy) is 1. The maximum Gasteiger partial charge on any atom is 0.337 e. The van der Waals surface area contributed by atoms with Gasteiger partial charge in [-0.15, -0.1) is 0 Å². The third kappa shape index (κ3) is 4.40. The summed E-state index contributed by atoms with van der Waals surface area (Å²) in [5, 5.41) is 7.21. The van der Waals surface area contributed by atoms with Crippen molar-refractivity contribution in [3.63, 3.8) is 0 Å². The van der Waals surface area contributed by atoms with E-state index in [4.69, 9.17) is 11.6 Å². The summed E-state index contributed by atoms with van der Waals surface area (Å²) in [6.45, 7) is 0.105. The van der Waals surface area contributed by atoms with Gasteiger partial charge in [-0.05, 0) is 52.3 Å². The van der Waals surface area contributed by atoms with Gasteiger partial charge in [-0.3, -0.25) is 9.48 Å². The first kappa shape index (κ1) is 20.0. The van der Waals surface area contributed by atoms with Crippen LogP contribution in [0.5, 0.6) is 0 Å². The molecule has 0 aliphatic heterocycles. The van der Waals surface area contributed by atoms with Gasteiger partial charge in [0, 0.05) is 22.3 Å². The van der Waals surface area contributed by atoms with E-state index < -0.39 is 17.7 Å². The minimum absolute atomic E-state index is 0.105. The summed E-state index contributed by atoms with van der Waals surface area (Å²) in [4.78, 5) is 23.9. The molecule has 0 radical (unpaired) electrons. The molecule has 3 aromatic rings. The van der Waals surface area contributed by atoms with E-state index in [0.29, 0.717) is 26.2 Å². The SMILES string of the molecule is COC(=O)c1ccc(C(=O)Nc2nn(Cc3c(F)cccc3Cl)cc2Br)cc1. The fraction of sp³-hybridized carbons (Fsp3) is 0.105. The largest absolute Gasteiger partial charge is 0.465 e. The topological polar surface area (TPSA) is 73.2 Å². The summed E-state index contributed by atoms with van der Waals surface area (Å²) in [7, 11) is 1.28. The number of nitrogens with one attached hydrogen (secondary N) is 1. The minimum Gasteiger partial charge on any atom is -0.465 e. The number of aromatic nitrogens is 2. The maximum absolute atomic E-state index is 14.0. The number of benzene rings is 2. The van der Waals surface area contributed by atoms with Gasteiger partial charge < -0.3 is 10.1 Å². The monoisotopic (exact) mass is 465 g/mol. The Hall–Kier alpha value is -2.71. The van der Waals surface area contributed by atoms with E-state index in [1.54, 1.807) is 12.3 Å². The fourth-order valence-electron chi connectivity index (χ4n) is 2.46. The zero-order valence-corrected chi connectivity index (χ0v) is 16.9. The number of nitrogens with zero attached hydrogens (tertiary/aromatic N) is 2. The molecular weight excluding hydrogens is 453 g/mol. The van der Waals surface area contributed by atoms with E-state index in [1.165, 1.54) is 48.2 Å². The number of carbonyl (C=O) groups excluding carboxylic acids is 2. The summed E-state index contributed by atoms with van der Waals surface area (Å²) in [5.41, 5.74) is 0.980. The van der Waals surface area contributed by atoms with Crippen molar-refractivity contribution in [3.05, 3.63) is 80.7 Å². The van der Waals surface area contributed by atoms with Gasteiger partial charge in [-0.25, -0.2) is 9.18 Å². The van der Waals surface area contributed by atoms with Crippen molar-refractivity contribution in [1.29, 1.82) is 0 Å². The number of methoxy groups -OCH3 is 1. The van der Waals surface area contributed by atoms with E-state index in [-0.39, 0.29) is 12.4 Å². The van der Waals surface area contributed by atoms with E-state index in [0.717, 1.165) is 0 Å². The lowest BCUT2D eigenvalue weighted by Gasteiger charge is -2.06. The lowest BCUT2D eigenvalue weighted by Crippen LogP contribution is -2.13. The van der Waals surface area contributed by atoms with Crippen molar-refractivity contribution < 1.29 is 18.7 Å². The van der Waals surface area contributed by atoms with Gasteiger partial charge >= 0.3 is 5.97 Å². The van der Waals surface area contributed by atoms with Crippen LogP contribution < -0.4 is 5.32 Å². The molecule has 3 rings (SSSR count). The molecule has 1 N–H and O–H groups in total. The lowest BCUT2D eigenvalue weighted by molar-refractivity contribution is 0.0600. The second-order valence-electron chi connectivity index (χ2n) is 5.75. The van der Waals surface area contributed by atoms with Crippen LogP contribution in [0, 0.1) is 5.82 Å². The summed E-state index contributed by atoms with van der Waals surface area (Å²) in [5.74, 6) is -1.06. The predicted molar refractivity (Wildman–Crippen MR) is 106 cm³/mol. The molecule has 1 heterocycles. The molecule has 28 heavy (non-hydrogen) atoms. The molecule has 1 amide bonds. The van der Waals surface area contributed by atoms with Gasteiger partial charge in [0.25, 0.3) is 5.91 Å². The molecule has 0 unspecified atom stereocenters. The number of carbonyl (C=O) groups is 2. The first-order valence-electron chi connectivity index (χ1n) is 8.04. The smallest absolute Gasteiger partial charge is 0.337 e. The highest BCUT2D eigenvalue weighted by molar-refractivity contribution is 9.10. The third-order valence-electron chi connectivity index (χ3n) is 3.90. The molecule has 0 saturated heterocycles. The lowest BCUT2D eigenvalue weighted by atomic mass is 10.1. The van der Waals surface area contributed by atoms with Crippen LogP contribution in [0.25, 0.3) is 0 Å². The Balaban J connectivity index is 1.74. The van der Waals surface area contributed by atoms with Crippen LogP contribution in [0.3, 0.4) is 0 Å². The van der Waals surface area contributed by atoms with E-state index in [1.807, 2.05) is 0 Å². The molecule has 6 nitrogen and oxygen atoms in total. The first-order chi connectivity index (χ1) is 13.4. The average molecular weight is 467 g/mol. The molecule has 0 bridgehead atoms. The van der Waals surface area contributed by atoms with E-state index >= 15 is 0 Å². The Morgan fingerprint density at radius 3 is 2.54 bits per heavy atom. The number of halogens is 3. The van der Waals surface area contributed by atoms with E-state index in [2.05, 4.69) is 31.1 Å². The highest BCUT2D eigenvalue weighted by Crippen LogP contribution is 2.24. The molecule has 0 atom stereocenters. The van der Waals surface area contributed by atoms with Crippen LogP contribution in [-0.2, 0) is 11.3 Å². The van der Waals surface area contributed by atoms with Crippen molar-refractivity contribution in [2.24, 2.45) is 0 Å². The molecule has 2 aromatic carbocycles. The highest BCUT2D eigenvalue weighted by Gasteiger charge is 2.15. The van der Waals surface area contributed by atoms with Crippen LogP contribution in [0.15, 0.2) is 53.1 Å². The zero-order chi connectivity index (χ0) is 20.3. The standard InChI is InChI=1S/C19H14BrClFN3O3/c1-28-19(27)12-7-5-11(6-8-12)18(26)23-17-14(20)10-25(24-17)9-13-15(21)3-2-4-16(13)22/h2-8,10H,9H2,1H3,(H,23,24,26). The van der Waals surface area contributed by atoms with E-state index in [9.17, 15) is 14.0 Å². The van der Waals surface area contributed by atoms with Gasteiger partial charge in [0.15, 0.2) is 5.82 Å². The van der Waals surface area contributed by atoms with Crippen molar-refractivity contribution in [2.45, 2.75) is 6.54 Å². The van der Waals surface area contributed by atoms with Crippen LogP contribution in [0.2, 0.25) is 5.02 Å². The Kier molecular flexibility index (Phi) is 6.11. The number of amides is 1. The first-order valence-corrected chi connectivity index (χ1v) is 9.21. The second-order valence-corrected chi connectivity index (χ2v) is 7.01. The number of esters is 1. The minimum atomic E-state index is -0.486. The highest BCUT2D eigenvalue weighted by atomic mass is 79.9. The molecular formula is C19H14BrClFN3O3. The average Bonchev–Trinajstić information content (AvgIpc) is 3.03. The summed E-state index contributed by atoms with van der Waals surface area (Å²) >= 11 is 9.36. The van der Waals surface area contributed by atoms with Crippen LogP contribution in [0.1, 0.15) is 26.3 Å². The predicted octanol–water partition coefficient (Wildman–Crippen LogP) is 4.53. The molecule has 9 heteroatoms. The van der Waals surface area contributed by atoms with Crippen molar-refractivity contribution in [3.8, 4) is 0 Å². The molecule has 0 fully saturated rings. The van der Waals surface area contributed by atoms with Crippen LogP contribution >= 0.6 is 27.5 Å².